The first-order chi connectivity index (χ1) is 7.52. The molecule has 1 aromatic carbocycles. The second kappa shape index (κ2) is 6.33. The molecule has 90 valence electrons. The van der Waals surface area contributed by atoms with Crippen molar-refractivity contribution in [3.05, 3.63) is 34.1 Å². The second-order valence-corrected chi connectivity index (χ2v) is 4.84. The number of rotatable bonds is 5. The lowest BCUT2D eigenvalue weighted by Gasteiger charge is -2.16. The van der Waals surface area contributed by atoms with Crippen LogP contribution in [0.2, 0.25) is 0 Å². The molecule has 16 heavy (non-hydrogen) atoms. The molecule has 2 atom stereocenters. The van der Waals surface area contributed by atoms with Crippen molar-refractivity contribution in [1.82, 2.24) is 0 Å². The maximum Gasteiger partial charge on any atom is 0.124 e. The van der Waals surface area contributed by atoms with Gasteiger partial charge in [-0.05, 0) is 37.5 Å². The largest absolute Gasteiger partial charge is 0.382 e. The summed E-state index contributed by atoms with van der Waals surface area (Å²) < 4.78 is 18.8. The van der Waals surface area contributed by atoms with Gasteiger partial charge in [0.25, 0.3) is 0 Å². The Morgan fingerprint density at radius 2 is 2.19 bits per heavy atom. The summed E-state index contributed by atoms with van der Waals surface area (Å²) >= 11 is 3.33. The van der Waals surface area contributed by atoms with Gasteiger partial charge in [0, 0.05) is 17.6 Å². The lowest BCUT2D eigenvalue weighted by Crippen LogP contribution is -2.28. The Morgan fingerprint density at radius 1 is 1.50 bits per heavy atom. The van der Waals surface area contributed by atoms with E-state index in [0.717, 1.165) is 16.5 Å². The number of hydrogen-bond acceptors (Lipinski definition) is 2. The number of halogens is 2. The maximum atomic E-state index is 12.9. The predicted molar refractivity (Wildman–Crippen MR) is 66.9 cm³/mol. The molecule has 0 amide bonds. The van der Waals surface area contributed by atoms with Gasteiger partial charge in [-0.1, -0.05) is 22.0 Å². The van der Waals surface area contributed by atoms with Crippen LogP contribution in [-0.4, -0.2) is 19.3 Å². The first kappa shape index (κ1) is 13.6. The SMILES string of the molecule is COC(C)CC(N)Cc1ccc(F)cc1Br. The maximum absolute atomic E-state index is 12.9. The summed E-state index contributed by atoms with van der Waals surface area (Å²) in [6.45, 7) is 1.99. The van der Waals surface area contributed by atoms with Crippen molar-refractivity contribution in [3.8, 4) is 0 Å². The lowest BCUT2D eigenvalue weighted by atomic mass is 10.0. The zero-order valence-electron chi connectivity index (χ0n) is 9.54. The molecule has 4 heteroatoms. The van der Waals surface area contributed by atoms with E-state index in [9.17, 15) is 4.39 Å². The molecular formula is C12H17BrFNO. The van der Waals surface area contributed by atoms with E-state index in [4.69, 9.17) is 10.5 Å². The van der Waals surface area contributed by atoms with E-state index in [2.05, 4.69) is 15.9 Å². The monoisotopic (exact) mass is 289 g/mol. The number of methoxy groups -OCH3 is 1. The molecule has 0 fully saturated rings. The molecule has 0 spiro atoms. The highest BCUT2D eigenvalue weighted by molar-refractivity contribution is 9.10. The van der Waals surface area contributed by atoms with Crippen molar-refractivity contribution in [2.24, 2.45) is 5.73 Å². The fourth-order valence-electron chi connectivity index (χ4n) is 1.58. The topological polar surface area (TPSA) is 35.2 Å². The molecule has 1 aromatic rings. The van der Waals surface area contributed by atoms with Crippen molar-refractivity contribution in [2.45, 2.75) is 31.9 Å². The minimum atomic E-state index is -0.241. The Hall–Kier alpha value is -0.450. The van der Waals surface area contributed by atoms with Gasteiger partial charge in [-0.25, -0.2) is 4.39 Å². The molecule has 0 radical (unpaired) electrons. The molecule has 2 N–H and O–H groups in total. The van der Waals surface area contributed by atoms with E-state index in [1.165, 1.54) is 12.1 Å². The Kier molecular flexibility index (Phi) is 5.38. The van der Waals surface area contributed by atoms with Gasteiger partial charge in [0.2, 0.25) is 0 Å². The molecule has 0 saturated heterocycles. The Balaban J connectivity index is 2.59. The first-order valence-electron chi connectivity index (χ1n) is 5.25. The molecule has 0 bridgehead atoms. The molecular weight excluding hydrogens is 273 g/mol. The molecule has 0 aliphatic rings. The van der Waals surface area contributed by atoms with Gasteiger partial charge in [0.05, 0.1) is 6.10 Å². The quantitative estimate of drug-likeness (QED) is 0.905. The summed E-state index contributed by atoms with van der Waals surface area (Å²) in [6.07, 6.45) is 1.66. The molecule has 0 aromatic heterocycles. The van der Waals surface area contributed by atoms with Crippen molar-refractivity contribution in [3.63, 3.8) is 0 Å². The van der Waals surface area contributed by atoms with Crippen LogP contribution < -0.4 is 5.73 Å². The van der Waals surface area contributed by atoms with E-state index in [-0.39, 0.29) is 18.0 Å². The van der Waals surface area contributed by atoms with E-state index < -0.39 is 0 Å². The summed E-state index contributed by atoms with van der Waals surface area (Å²) in [7, 11) is 1.67. The van der Waals surface area contributed by atoms with Crippen LogP contribution in [0, 0.1) is 5.82 Å². The Morgan fingerprint density at radius 3 is 2.75 bits per heavy atom. The molecule has 2 unspecified atom stereocenters. The summed E-state index contributed by atoms with van der Waals surface area (Å²) in [5.74, 6) is -0.241. The summed E-state index contributed by atoms with van der Waals surface area (Å²) in [5, 5.41) is 0. The molecule has 0 saturated carbocycles. The van der Waals surface area contributed by atoms with Crippen molar-refractivity contribution >= 4 is 15.9 Å². The van der Waals surface area contributed by atoms with E-state index >= 15 is 0 Å². The zero-order valence-corrected chi connectivity index (χ0v) is 11.1. The van der Waals surface area contributed by atoms with Gasteiger partial charge in [-0.15, -0.1) is 0 Å². The average molecular weight is 290 g/mol. The van der Waals surface area contributed by atoms with Crippen molar-refractivity contribution in [2.75, 3.05) is 7.11 Å². The van der Waals surface area contributed by atoms with Crippen LogP contribution in [0.25, 0.3) is 0 Å². The summed E-state index contributed by atoms with van der Waals surface area (Å²) in [4.78, 5) is 0. The normalized spacial score (nSPS) is 14.8. The van der Waals surface area contributed by atoms with Gasteiger partial charge in [-0.2, -0.15) is 0 Å². The van der Waals surface area contributed by atoms with Crippen LogP contribution in [0.4, 0.5) is 4.39 Å². The smallest absolute Gasteiger partial charge is 0.124 e. The van der Waals surface area contributed by atoms with Gasteiger partial charge >= 0.3 is 0 Å². The lowest BCUT2D eigenvalue weighted by molar-refractivity contribution is 0.104. The molecule has 0 aliphatic carbocycles. The number of ether oxygens (including phenoxy) is 1. The minimum absolute atomic E-state index is 0.0247. The van der Waals surface area contributed by atoms with E-state index in [1.54, 1.807) is 13.2 Å². The van der Waals surface area contributed by atoms with E-state index in [0.29, 0.717) is 6.42 Å². The van der Waals surface area contributed by atoms with Gasteiger partial charge in [-0.3, -0.25) is 0 Å². The number of benzene rings is 1. The van der Waals surface area contributed by atoms with Crippen molar-refractivity contribution in [1.29, 1.82) is 0 Å². The third kappa shape index (κ3) is 4.20. The highest BCUT2D eigenvalue weighted by Crippen LogP contribution is 2.20. The van der Waals surface area contributed by atoms with Crippen LogP contribution >= 0.6 is 15.9 Å². The molecule has 1 rings (SSSR count). The minimum Gasteiger partial charge on any atom is -0.382 e. The highest BCUT2D eigenvalue weighted by atomic mass is 79.9. The van der Waals surface area contributed by atoms with E-state index in [1.807, 2.05) is 6.92 Å². The zero-order chi connectivity index (χ0) is 12.1. The summed E-state index contributed by atoms with van der Waals surface area (Å²) in [6, 6.07) is 4.70. The van der Waals surface area contributed by atoms with Crippen LogP contribution in [0.15, 0.2) is 22.7 Å². The molecule has 0 heterocycles. The van der Waals surface area contributed by atoms with Gasteiger partial charge in [0.15, 0.2) is 0 Å². The number of nitrogens with two attached hydrogens (primary N) is 1. The molecule has 0 aliphatic heterocycles. The highest BCUT2D eigenvalue weighted by Gasteiger charge is 2.11. The Bertz CT molecular complexity index is 346. The predicted octanol–water partition coefficient (Wildman–Crippen LogP) is 2.88. The van der Waals surface area contributed by atoms with Crippen molar-refractivity contribution < 1.29 is 9.13 Å². The number of hydrogen-bond donors (Lipinski definition) is 1. The standard InChI is InChI=1S/C12H17BrFNO/c1-8(16-2)5-11(15)6-9-3-4-10(14)7-12(9)13/h3-4,7-8,11H,5-6,15H2,1-2H3. The van der Waals surface area contributed by atoms with Crippen LogP contribution in [0.3, 0.4) is 0 Å². The van der Waals surface area contributed by atoms with Crippen LogP contribution in [-0.2, 0) is 11.2 Å². The van der Waals surface area contributed by atoms with Gasteiger partial charge < -0.3 is 10.5 Å². The third-order valence-corrected chi connectivity index (χ3v) is 3.27. The van der Waals surface area contributed by atoms with Crippen LogP contribution in [0.5, 0.6) is 0 Å². The fraction of sp³-hybridized carbons (Fsp3) is 0.500. The van der Waals surface area contributed by atoms with Crippen LogP contribution in [0.1, 0.15) is 18.9 Å². The first-order valence-corrected chi connectivity index (χ1v) is 6.04. The van der Waals surface area contributed by atoms with Gasteiger partial charge in [0.1, 0.15) is 5.82 Å². The third-order valence-electron chi connectivity index (χ3n) is 2.53. The fourth-order valence-corrected chi connectivity index (χ4v) is 2.09. The second-order valence-electron chi connectivity index (χ2n) is 3.98. The summed E-state index contributed by atoms with van der Waals surface area (Å²) in [5.41, 5.74) is 7.02. The molecule has 2 nitrogen and oxygen atoms in total. The Labute approximate surface area is 104 Å². The average Bonchev–Trinajstić information content (AvgIpc) is 2.22.